The molecule has 2 rings (SSSR count). The highest BCUT2D eigenvalue weighted by Gasteiger charge is 2.28. The minimum absolute atomic E-state index is 0. The Morgan fingerprint density at radius 3 is 2.41 bits per heavy atom. The number of halogens is 3. The van der Waals surface area contributed by atoms with E-state index in [1.54, 1.807) is 7.11 Å². The van der Waals surface area contributed by atoms with Crippen LogP contribution in [0, 0.1) is 11.7 Å². The van der Waals surface area contributed by atoms with Gasteiger partial charge in [-0.25, -0.2) is 4.39 Å². The van der Waals surface area contributed by atoms with Crippen molar-refractivity contribution >= 4 is 24.8 Å². The zero-order chi connectivity index (χ0) is 14.5. The number of rotatable bonds is 5. The van der Waals surface area contributed by atoms with Gasteiger partial charge >= 0.3 is 0 Å². The molecular weight excluding hydrogens is 326 g/mol. The first-order chi connectivity index (χ1) is 9.67. The molecule has 6 heteroatoms. The van der Waals surface area contributed by atoms with E-state index in [1.807, 2.05) is 12.1 Å². The average molecular weight is 353 g/mol. The summed E-state index contributed by atoms with van der Waals surface area (Å²) in [5.74, 6) is 0.846. The molecule has 0 radical (unpaired) electrons. The van der Waals surface area contributed by atoms with Gasteiger partial charge in [-0.05, 0) is 12.0 Å². The third-order valence-corrected chi connectivity index (χ3v) is 4.25. The summed E-state index contributed by atoms with van der Waals surface area (Å²) < 4.78 is 19.5. The standard InChI is InChI=1S/C16H25FN2O.2ClH/c1-4-12(2)16(19-9-7-18-8-10-19)14-6-5-13(20-3)11-15(14)17;;/h5-6,11-12,16,18H,4,7-10H2,1-3H3;2*1H/t12?,16-;;/m0../s1. The van der Waals surface area contributed by atoms with Crippen molar-refractivity contribution in [3.63, 3.8) is 0 Å². The molecule has 2 atom stereocenters. The van der Waals surface area contributed by atoms with E-state index in [0.717, 1.165) is 38.2 Å². The predicted molar refractivity (Wildman–Crippen MR) is 94.1 cm³/mol. The molecule has 1 heterocycles. The Kier molecular flexibility index (Phi) is 10.0. The molecule has 1 aliphatic rings. The topological polar surface area (TPSA) is 24.5 Å². The largest absolute Gasteiger partial charge is 0.497 e. The lowest BCUT2D eigenvalue weighted by molar-refractivity contribution is 0.125. The van der Waals surface area contributed by atoms with Crippen molar-refractivity contribution in [1.29, 1.82) is 0 Å². The van der Waals surface area contributed by atoms with Crippen LogP contribution in [0.4, 0.5) is 4.39 Å². The molecule has 1 aromatic rings. The van der Waals surface area contributed by atoms with Crippen LogP contribution in [-0.4, -0.2) is 38.2 Å². The van der Waals surface area contributed by atoms with Crippen molar-refractivity contribution in [3.8, 4) is 5.75 Å². The van der Waals surface area contributed by atoms with Crippen molar-refractivity contribution in [3.05, 3.63) is 29.6 Å². The summed E-state index contributed by atoms with van der Waals surface area (Å²) in [6, 6.07) is 5.38. The molecule has 3 nitrogen and oxygen atoms in total. The lowest BCUT2D eigenvalue weighted by Gasteiger charge is -2.38. The van der Waals surface area contributed by atoms with Crippen molar-refractivity contribution in [2.24, 2.45) is 5.92 Å². The lowest BCUT2D eigenvalue weighted by atomic mass is 9.90. The molecule has 0 spiro atoms. The number of piperazine rings is 1. The van der Waals surface area contributed by atoms with Crippen molar-refractivity contribution in [2.45, 2.75) is 26.3 Å². The third-order valence-electron chi connectivity index (χ3n) is 4.25. The van der Waals surface area contributed by atoms with Crippen LogP contribution in [-0.2, 0) is 0 Å². The van der Waals surface area contributed by atoms with Crippen LogP contribution >= 0.6 is 24.8 Å². The number of nitrogens with zero attached hydrogens (tertiary/aromatic N) is 1. The zero-order valence-corrected chi connectivity index (χ0v) is 15.1. The van der Waals surface area contributed by atoms with E-state index < -0.39 is 0 Å². The molecule has 1 fully saturated rings. The van der Waals surface area contributed by atoms with E-state index in [1.165, 1.54) is 6.07 Å². The fraction of sp³-hybridized carbons (Fsp3) is 0.625. The van der Waals surface area contributed by atoms with E-state index in [0.29, 0.717) is 11.7 Å². The van der Waals surface area contributed by atoms with Crippen molar-refractivity contribution in [1.82, 2.24) is 10.2 Å². The van der Waals surface area contributed by atoms with Gasteiger partial charge in [0.25, 0.3) is 0 Å². The Morgan fingerprint density at radius 2 is 1.91 bits per heavy atom. The second-order valence-electron chi connectivity index (χ2n) is 5.50. The van der Waals surface area contributed by atoms with Gasteiger partial charge in [-0.3, -0.25) is 4.90 Å². The zero-order valence-electron chi connectivity index (χ0n) is 13.5. The van der Waals surface area contributed by atoms with Gasteiger partial charge in [0.05, 0.1) is 7.11 Å². The van der Waals surface area contributed by atoms with Crippen molar-refractivity contribution in [2.75, 3.05) is 33.3 Å². The summed E-state index contributed by atoms with van der Waals surface area (Å²) in [6.45, 7) is 8.27. The molecule has 0 saturated carbocycles. The molecule has 1 N–H and O–H groups in total. The van der Waals surface area contributed by atoms with E-state index in [4.69, 9.17) is 4.74 Å². The van der Waals surface area contributed by atoms with Gasteiger partial charge in [0.15, 0.2) is 0 Å². The first kappa shape index (κ1) is 21.4. The smallest absolute Gasteiger partial charge is 0.131 e. The molecule has 0 bridgehead atoms. The Bertz CT molecular complexity index is 442. The molecule has 22 heavy (non-hydrogen) atoms. The van der Waals surface area contributed by atoms with Crippen LogP contribution < -0.4 is 10.1 Å². The fourth-order valence-electron chi connectivity index (χ4n) is 2.92. The minimum Gasteiger partial charge on any atom is -0.497 e. The fourth-order valence-corrected chi connectivity index (χ4v) is 2.92. The second-order valence-corrected chi connectivity index (χ2v) is 5.50. The Morgan fingerprint density at radius 1 is 1.27 bits per heavy atom. The van der Waals surface area contributed by atoms with Gasteiger partial charge in [-0.1, -0.05) is 26.3 Å². The maximum absolute atomic E-state index is 14.4. The Labute approximate surface area is 145 Å². The number of hydrogen-bond acceptors (Lipinski definition) is 3. The number of nitrogens with one attached hydrogen (secondary N) is 1. The Hall–Kier alpha value is -0.550. The van der Waals surface area contributed by atoms with Crippen LogP contribution in [0.5, 0.6) is 5.75 Å². The summed E-state index contributed by atoms with van der Waals surface area (Å²) >= 11 is 0. The number of hydrogen-bond donors (Lipinski definition) is 1. The predicted octanol–water partition coefficient (Wildman–Crippen LogP) is 3.67. The number of methoxy groups -OCH3 is 1. The summed E-state index contributed by atoms with van der Waals surface area (Å²) in [5, 5.41) is 3.36. The molecule has 0 aliphatic carbocycles. The Balaban J connectivity index is 0.00000220. The van der Waals surface area contributed by atoms with Crippen LogP contribution in [0.25, 0.3) is 0 Å². The van der Waals surface area contributed by atoms with Gasteiger partial charge in [0.1, 0.15) is 11.6 Å². The third kappa shape index (κ3) is 4.98. The molecule has 0 amide bonds. The lowest BCUT2D eigenvalue weighted by Crippen LogP contribution is -2.46. The highest BCUT2D eigenvalue weighted by molar-refractivity contribution is 5.85. The maximum atomic E-state index is 14.4. The molecule has 0 aromatic heterocycles. The molecule has 1 aromatic carbocycles. The molecule has 1 aliphatic heterocycles. The summed E-state index contributed by atoms with van der Waals surface area (Å²) in [4.78, 5) is 2.40. The van der Waals surface area contributed by atoms with Gasteiger partial charge in [-0.2, -0.15) is 0 Å². The first-order valence-corrected chi connectivity index (χ1v) is 7.45. The summed E-state index contributed by atoms with van der Waals surface area (Å²) in [5.41, 5.74) is 0.794. The maximum Gasteiger partial charge on any atom is 0.131 e. The molecule has 1 unspecified atom stereocenters. The first-order valence-electron chi connectivity index (χ1n) is 7.45. The molecular formula is C16H27Cl2FN2O. The van der Waals surface area contributed by atoms with Gasteiger partial charge in [-0.15, -0.1) is 24.8 Å². The number of ether oxygens (including phenoxy) is 1. The number of benzene rings is 1. The summed E-state index contributed by atoms with van der Waals surface area (Å²) in [7, 11) is 1.57. The SMILES string of the molecule is CCC(C)[C@@H](c1ccc(OC)cc1F)N1CCNCC1.Cl.Cl. The highest BCUT2D eigenvalue weighted by Crippen LogP contribution is 2.33. The normalized spacial score (nSPS) is 17.8. The highest BCUT2D eigenvalue weighted by atomic mass is 35.5. The van der Waals surface area contributed by atoms with Gasteiger partial charge < -0.3 is 10.1 Å². The van der Waals surface area contributed by atoms with E-state index in [2.05, 4.69) is 24.1 Å². The van der Waals surface area contributed by atoms with Gasteiger partial charge in [0.2, 0.25) is 0 Å². The quantitative estimate of drug-likeness (QED) is 0.874. The van der Waals surface area contributed by atoms with Crippen LogP contribution in [0.3, 0.4) is 0 Å². The van der Waals surface area contributed by atoms with E-state index in [-0.39, 0.29) is 36.7 Å². The van der Waals surface area contributed by atoms with E-state index >= 15 is 0 Å². The molecule has 1 saturated heterocycles. The van der Waals surface area contributed by atoms with Crippen LogP contribution in [0.15, 0.2) is 18.2 Å². The summed E-state index contributed by atoms with van der Waals surface area (Å²) in [6.07, 6.45) is 1.04. The van der Waals surface area contributed by atoms with Crippen LogP contribution in [0.1, 0.15) is 31.9 Å². The second kappa shape index (κ2) is 10.3. The van der Waals surface area contributed by atoms with Crippen molar-refractivity contribution < 1.29 is 9.13 Å². The van der Waals surface area contributed by atoms with Gasteiger partial charge in [0, 0.05) is 43.9 Å². The van der Waals surface area contributed by atoms with Crippen LogP contribution in [0.2, 0.25) is 0 Å². The molecule has 128 valence electrons. The average Bonchev–Trinajstić information content (AvgIpc) is 2.50. The van der Waals surface area contributed by atoms with E-state index in [9.17, 15) is 4.39 Å². The monoisotopic (exact) mass is 352 g/mol. The minimum atomic E-state index is -0.159.